The van der Waals surface area contributed by atoms with E-state index in [9.17, 15) is 8.78 Å². The summed E-state index contributed by atoms with van der Waals surface area (Å²) in [7, 11) is 0. The molecule has 1 aromatic heterocycles. The lowest BCUT2D eigenvalue weighted by molar-refractivity contribution is -0.0517. The molecule has 2 aromatic rings. The Kier molecular flexibility index (Phi) is 2.81. The van der Waals surface area contributed by atoms with Crippen molar-refractivity contribution in [2.45, 2.75) is 6.61 Å². The van der Waals surface area contributed by atoms with Gasteiger partial charge in [-0.05, 0) is 33.4 Å². The largest absolute Gasteiger partial charge is 0.416 e. The van der Waals surface area contributed by atoms with E-state index in [2.05, 4.69) is 25.7 Å². The third-order valence-electron chi connectivity index (χ3n) is 1.91. The number of pyridine rings is 1. The van der Waals surface area contributed by atoms with Crippen LogP contribution >= 0.6 is 15.9 Å². The highest BCUT2D eigenvalue weighted by Gasteiger charge is 2.11. The molecule has 1 heterocycles. The summed E-state index contributed by atoms with van der Waals surface area (Å²) >= 11 is 3.27. The van der Waals surface area contributed by atoms with Gasteiger partial charge in [-0.2, -0.15) is 8.78 Å². The Balaban J connectivity index is 2.63. The highest BCUT2D eigenvalue weighted by atomic mass is 79.9. The summed E-state index contributed by atoms with van der Waals surface area (Å²) in [6.45, 7) is -2.87. The van der Waals surface area contributed by atoms with Crippen LogP contribution in [0.15, 0.2) is 34.9 Å². The average molecular weight is 274 g/mol. The van der Waals surface area contributed by atoms with E-state index >= 15 is 0 Å². The van der Waals surface area contributed by atoms with E-state index in [0.717, 1.165) is 5.39 Å². The molecule has 0 unspecified atom stereocenters. The van der Waals surface area contributed by atoms with Crippen LogP contribution in [0.2, 0.25) is 0 Å². The molecular weight excluding hydrogens is 268 g/mol. The average Bonchev–Trinajstić information content (AvgIpc) is 2.17. The highest BCUT2D eigenvalue weighted by Crippen LogP contribution is 2.31. The molecule has 0 radical (unpaired) electrons. The predicted octanol–water partition coefficient (Wildman–Crippen LogP) is 3.60. The molecule has 0 saturated heterocycles. The first kappa shape index (κ1) is 10.3. The summed E-state index contributed by atoms with van der Waals surface area (Å²) in [4.78, 5) is 3.78. The highest BCUT2D eigenvalue weighted by molar-refractivity contribution is 9.10. The van der Waals surface area contributed by atoms with E-state index in [1.807, 2.05) is 6.07 Å². The molecule has 0 aliphatic carbocycles. The number of nitrogens with zero attached hydrogens (tertiary/aromatic N) is 1. The molecule has 15 heavy (non-hydrogen) atoms. The van der Waals surface area contributed by atoms with Crippen molar-refractivity contribution in [3.05, 3.63) is 34.9 Å². The van der Waals surface area contributed by atoms with Crippen molar-refractivity contribution in [3.8, 4) is 5.88 Å². The van der Waals surface area contributed by atoms with Crippen molar-refractivity contribution in [2.75, 3.05) is 0 Å². The van der Waals surface area contributed by atoms with E-state index in [1.54, 1.807) is 18.2 Å². The third-order valence-corrected chi connectivity index (χ3v) is 2.57. The van der Waals surface area contributed by atoms with Gasteiger partial charge < -0.3 is 4.74 Å². The minimum Gasteiger partial charge on any atom is -0.416 e. The number of benzene rings is 1. The van der Waals surface area contributed by atoms with E-state index in [4.69, 9.17) is 0 Å². The zero-order chi connectivity index (χ0) is 10.8. The van der Waals surface area contributed by atoms with Crippen molar-refractivity contribution >= 4 is 26.7 Å². The van der Waals surface area contributed by atoms with Gasteiger partial charge in [-0.25, -0.2) is 4.98 Å². The summed E-state index contributed by atoms with van der Waals surface area (Å²) < 4.78 is 29.2. The molecule has 0 aliphatic heterocycles. The standard InChI is InChI=1S/C10H6BrF2NO/c11-7-3-1-2-6-4-5-14-9(8(6)7)15-10(12)13/h1-5,10H. The van der Waals surface area contributed by atoms with Crippen LogP contribution in [0.1, 0.15) is 0 Å². The Morgan fingerprint density at radius 2 is 2.07 bits per heavy atom. The van der Waals surface area contributed by atoms with Crippen LogP contribution in [0.25, 0.3) is 10.8 Å². The van der Waals surface area contributed by atoms with Gasteiger partial charge in [-0.15, -0.1) is 0 Å². The normalized spacial score (nSPS) is 10.9. The van der Waals surface area contributed by atoms with E-state index in [-0.39, 0.29) is 5.88 Å². The van der Waals surface area contributed by atoms with E-state index < -0.39 is 6.61 Å². The lowest BCUT2D eigenvalue weighted by Gasteiger charge is -2.07. The minimum absolute atomic E-state index is 0.0602. The minimum atomic E-state index is -2.87. The maximum atomic E-state index is 12.1. The quantitative estimate of drug-likeness (QED) is 0.834. The molecule has 78 valence electrons. The van der Waals surface area contributed by atoms with Crippen LogP contribution in [0.3, 0.4) is 0 Å². The van der Waals surface area contributed by atoms with Crippen molar-refractivity contribution in [2.24, 2.45) is 0 Å². The lowest BCUT2D eigenvalue weighted by Crippen LogP contribution is -2.04. The van der Waals surface area contributed by atoms with Crippen LogP contribution in [-0.4, -0.2) is 11.6 Å². The second-order valence-corrected chi connectivity index (χ2v) is 3.69. The molecule has 0 fully saturated rings. The van der Waals surface area contributed by atoms with Crippen LogP contribution < -0.4 is 4.74 Å². The second kappa shape index (κ2) is 4.10. The zero-order valence-corrected chi connectivity index (χ0v) is 9.04. The molecule has 0 bridgehead atoms. The van der Waals surface area contributed by atoms with Crippen LogP contribution in [-0.2, 0) is 0 Å². The summed E-state index contributed by atoms with van der Waals surface area (Å²) in [6, 6.07) is 7.11. The molecule has 2 nitrogen and oxygen atoms in total. The van der Waals surface area contributed by atoms with Crippen LogP contribution in [0, 0.1) is 0 Å². The number of hydrogen-bond donors (Lipinski definition) is 0. The fraction of sp³-hybridized carbons (Fsp3) is 0.100. The Morgan fingerprint density at radius 3 is 2.80 bits per heavy atom. The summed E-state index contributed by atoms with van der Waals surface area (Å²) in [6.07, 6.45) is 1.44. The molecule has 0 spiro atoms. The van der Waals surface area contributed by atoms with Gasteiger partial charge in [-0.1, -0.05) is 12.1 Å². The molecule has 5 heteroatoms. The number of ether oxygens (including phenoxy) is 1. The number of fused-ring (bicyclic) bond motifs is 1. The molecule has 0 amide bonds. The summed E-state index contributed by atoms with van der Waals surface area (Å²) in [5.74, 6) is -0.0602. The molecule has 0 saturated carbocycles. The number of aromatic nitrogens is 1. The first-order chi connectivity index (χ1) is 7.18. The predicted molar refractivity (Wildman–Crippen MR) is 56.1 cm³/mol. The Bertz CT molecular complexity index is 485. The Hall–Kier alpha value is -1.23. The fourth-order valence-corrected chi connectivity index (χ4v) is 1.88. The number of rotatable bonds is 2. The van der Waals surface area contributed by atoms with Gasteiger partial charge >= 0.3 is 6.61 Å². The van der Waals surface area contributed by atoms with Crippen molar-refractivity contribution in [3.63, 3.8) is 0 Å². The van der Waals surface area contributed by atoms with E-state index in [1.165, 1.54) is 6.20 Å². The van der Waals surface area contributed by atoms with Crippen LogP contribution in [0.4, 0.5) is 8.78 Å². The van der Waals surface area contributed by atoms with Gasteiger partial charge in [0.05, 0.1) is 5.39 Å². The lowest BCUT2D eigenvalue weighted by atomic mass is 10.2. The summed E-state index contributed by atoms with van der Waals surface area (Å²) in [5, 5.41) is 1.36. The van der Waals surface area contributed by atoms with Gasteiger partial charge in [0, 0.05) is 10.7 Å². The van der Waals surface area contributed by atoms with Gasteiger partial charge in [0.1, 0.15) is 0 Å². The van der Waals surface area contributed by atoms with Gasteiger partial charge in [0.2, 0.25) is 5.88 Å². The maximum absolute atomic E-state index is 12.1. The number of hydrogen-bond acceptors (Lipinski definition) is 2. The Labute approximate surface area is 93.0 Å². The molecule has 1 aromatic carbocycles. The zero-order valence-electron chi connectivity index (χ0n) is 7.45. The Morgan fingerprint density at radius 1 is 1.27 bits per heavy atom. The van der Waals surface area contributed by atoms with Crippen LogP contribution in [0.5, 0.6) is 5.88 Å². The van der Waals surface area contributed by atoms with Crippen molar-refractivity contribution in [1.82, 2.24) is 4.98 Å². The molecule has 0 atom stereocenters. The molecular formula is C10H6BrF2NO. The van der Waals surface area contributed by atoms with Crippen molar-refractivity contribution < 1.29 is 13.5 Å². The SMILES string of the molecule is FC(F)Oc1nccc2cccc(Br)c12. The third kappa shape index (κ3) is 2.07. The summed E-state index contributed by atoms with van der Waals surface area (Å²) in [5.41, 5.74) is 0. The second-order valence-electron chi connectivity index (χ2n) is 2.83. The van der Waals surface area contributed by atoms with Crippen molar-refractivity contribution in [1.29, 1.82) is 0 Å². The first-order valence-electron chi connectivity index (χ1n) is 4.16. The number of halogens is 3. The molecule has 0 N–H and O–H groups in total. The van der Waals surface area contributed by atoms with Gasteiger partial charge in [-0.3, -0.25) is 0 Å². The number of alkyl halides is 2. The maximum Gasteiger partial charge on any atom is 0.388 e. The first-order valence-corrected chi connectivity index (χ1v) is 4.96. The van der Waals surface area contributed by atoms with Gasteiger partial charge in [0.15, 0.2) is 0 Å². The van der Waals surface area contributed by atoms with E-state index in [0.29, 0.717) is 9.86 Å². The molecule has 0 aliphatic rings. The smallest absolute Gasteiger partial charge is 0.388 e. The van der Waals surface area contributed by atoms with Gasteiger partial charge in [0.25, 0.3) is 0 Å². The fourth-order valence-electron chi connectivity index (χ4n) is 1.33. The monoisotopic (exact) mass is 273 g/mol. The molecule has 2 rings (SSSR count). The topological polar surface area (TPSA) is 22.1 Å².